The fourth-order valence-corrected chi connectivity index (χ4v) is 2.36. The van der Waals surface area contributed by atoms with Crippen LogP contribution in [-0.4, -0.2) is 34.1 Å². The average molecular weight is 279 g/mol. The van der Waals surface area contributed by atoms with Gasteiger partial charge in [0, 0.05) is 9.90 Å². The van der Waals surface area contributed by atoms with Crippen molar-refractivity contribution in [3.63, 3.8) is 0 Å². The summed E-state index contributed by atoms with van der Waals surface area (Å²) < 4.78 is 0.757. The van der Waals surface area contributed by atoms with Crippen molar-refractivity contribution >= 4 is 15.9 Å². The van der Waals surface area contributed by atoms with Crippen LogP contribution in [0, 0.1) is 5.41 Å². The molecule has 1 aliphatic rings. The second-order valence-corrected chi connectivity index (χ2v) is 5.48. The number of hydrogen-bond acceptors (Lipinski definition) is 3. The lowest BCUT2D eigenvalue weighted by atomic mass is 9.80. The van der Waals surface area contributed by atoms with Gasteiger partial charge in [0.05, 0.1) is 18.8 Å². The van der Waals surface area contributed by atoms with Crippen molar-refractivity contribution in [3.05, 3.63) is 10.6 Å². The van der Waals surface area contributed by atoms with Crippen molar-refractivity contribution in [1.29, 1.82) is 0 Å². The lowest BCUT2D eigenvalue weighted by Crippen LogP contribution is -2.35. The first kappa shape index (κ1) is 13.2. The first-order valence-corrected chi connectivity index (χ1v) is 6.11. The second kappa shape index (κ2) is 5.43. The lowest BCUT2D eigenvalue weighted by molar-refractivity contribution is -0.0156. The van der Waals surface area contributed by atoms with Crippen LogP contribution in [0.5, 0.6) is 0 Å². The molecule has 0 heterocycles. The van der Waals surface area contributed by atoms with E-state index in [1.807, 2.05) is 13.0 Å². The summed E-state index contributed by atoms with van der Waals surface area (Å²) in [6.45, 7) is 1.93. The maximum Gasteiger partial charge on any atom is 0.0743 e. The van der Waals surface area contributed by atoms with Crippen LogP contribution in [0.4, 0.5) is 0 Å². The van der Waals surface area contributed by atoms with Crippen LogP contribution in [0.15, 0.2) is 10.6 Å². The largest absolute Gasteiger partial charge is 0.392 e. The summed E-state index contributed by atoms with van der Waals surface area (Å²) in [5.41, 5.74) is -0.390. The Labute approximate surface area is 98.9 Å². The molecule has 0 aromatic rings. The molecule has 0 aliphatic heterocycles. The van der Waals surface area contributed by atoms with Gasteiger partial charge in [0.2, 0.25) is 0 Å². The standard InChI is InChI=1S/C11H19BrO3/c1-11(6-2-3-8(12)7-13)9(14)4-5-10(11)15/h3,9-10,13-15H,2,4-7H2,1H3/b8-3-. The molecule has 0 aromatic carbocycles. The lowest BCUT2D eigenvalue weighted by Gasteiger charge is -2.31. The topological polar surface area (TPSA) is 60.7 Å². The van der Waals surface area contributed by atoms with Gasteiger partial charge in [-0.05, 0) is 25.7 Å². The summed E-state index contributed by atoms with van der Waals surface area (Å²) in [6, 6.07) is 0. The zero-order valence-corrected chi connectivity index (χ0v) is 10.6. The fourth-order valence-electron chi connectivity index (χ4n) is 2.13. The molecule has 0 radical (unpaired) electrons. The Morgan fingerprint density at radius 1 is 1.40 bits per heavy atom. The number of rotatable bonds is 4. The Balaban J connectivity index is 2.49. The molecule has 0 saturated heterocycles. The highest BCUT2D eigenvalue weighted by atomic mass is 79.9. The van der Waals surface area contributed by atoms with Gasteiger partial charge < -0.3 is 15.3 Å². The second-order valence-electron chi connectivity index (χ2n) is 4.46. The molecule has 2 unspecified atom stereocenters. The van der Waals surface area contributed by atoms with Gasteiger partial charge in [-0.2, -0.15) is 0 Å². The van der Waals surface area contributed by atoms with Crippen LogP contribution < -0.4 is 0 Å². The first-order valence-electron chi connectivity index (χ1n) is 5.32. The van der Waals surface area contributed by atoms with Gasteiger partial charge in [0.25, 0.3) is 0 Å². The monoisotopic (exact) mass is 278 g/mol. The predicted molar refractivity (Wildman–Crippen MR) is 62.7 cm³/mol. The highest BCUT2D eigenvalue weighted by molar-refractivity contribution is 9.11. The van der Waals surface area contributed by atoms with Crippen LogP contribution in [0.25, 0.3) is 0 Å². The number of hydrogen-bond donors (Lipinski definition) is 3. The molecule has 88 valence electrons. The van der Waals surface area contributed by atoms with Gasteiger partial charge in [-0.15, -0.1) is 0 Å². The summed E-state index contributed by atoms with van der Waals surface area (Å²) in [4.78, 5) is 0. The van der Waals surface area contributed by atoms with Crippen molar-refractivity contribution in [2.24, 2.45) is 5.41 Å². The Bertz CT molecular complexity index is 230. The molecule has 2 atom stereocenters. The summed E-state index contributed by atoms with van der Waals surface area (Å²) in [6.07, 6.45) is 3.94. The Morgan fingerprint density at radius 2 is 1.93 bits per heavy atom. The number of aliphatic hydroxyl groups excluding tert-OH is 3. The highest BCUT2D eigenvalue weighted by Gasteiger charge is 2.44. The molecule has 1 fully saturated rings. The van der Waals surface area contributed by atoms with E-state index in [1.165, 1.54) is 0 Å². The summed E-state index contributed by atoms with van der Waals surface area (Å²) in [5, 5.41) is 28.4. The van der Waals surface area contributed by atoms with Gasteiger partial charge in [-0.1, -0.05) is 28.9 Å². The molecule has 0 amide bonds. The van der Waals surface area contributed by atoms with Crippen LogP contribution in [0.2, 0.25) is 0 Å². The Morgan fingerprint density at radius 3 is 2.40 bits per heavy atom. The van der Waals surface area contributed by atoms with Crippen LogP contribution >= 0.6 is 15.9 Å². The van der Waals surface area contributed by atoms with E-state index in [2.05, 4.69) is 15.9 Å². The number of halogens is 1. The van der Waals surface area contributed by atoms with E-state index in [4.69, 9.17) is 5.11 Å². The minimum Gasteiger partial charge on any atom is -0.392 e. The third-order valence-corrected chi connectivity index (χ3v) is 4.01. The van der Waals surface area contributed by atoms with Crippen LogP contribution in [-0.2, 0) is 0 Å². The molecule has 0 bridgehead atoms. The van der Waals surface area contributed by atoms with Crippen molar-refractivity contribution in [2.45, 2.75) is 44.8 Å². The van der Waals surface area contributed by atoms with Gasteiger partial charge in [-0.25, -0.2) is 0 Å². The minimum atomic E-state index is -0.409. The molecule has 0 aromatic heterocycles. The van der Waals surface area contributed by atoms with E-state index < -0.39 is 12.2 Å². The van der Waals surface area contributed by atoms with E-state index >= 15 is 0 Å². The molecule has 15 heavy (non-hydrogen) atoms. The van der Waals surface area contributed by atoms with Gasteiger partial charge in [0.15, 0.2) is 0 Å². The SMILES string of the molecule is CC1(CC/C=C(\Br)CO)C(O)CCC1O. The first-order chi connectivity index (χ1) is 7.00. The van der Waals surface area contributed by atoms with E-state index in [1.54, 1.807) is 0 Å². The third-order valence-electron chi connectivity index (χ3n) is 3.44. The third kappa shape index (κ3) is 3.03. The van der Waals surface area contributed by atoms with Gasteiger partial charge in [0.1, 0.15) is 0 Å². The highest BCUT2D eigenvalue weighted by Crippen LogP contribution is 2.42. The van der Waals surface area contributed by atoms with Crippen molar-refractivity contribution in [3.8, 4) is 0 Å². The molecule has 4 heteroatoms. The Kier molecular flexibility index (Phi) is 4.77. The molecule has 0 spiro atoms. The maximum absolute atomic E-state index is 9.80. The molecule has 1 aliphatic carbocycles. The molecular formula is C11H19BrO3. The van der Waals surface area contributed by atoms with Crippen LogP contribution in [0.1, 0.15) is 32.6 Å². The summed E-state index contributed by atoms with van der Waals surface area (Å²) >= 11 is 3.22. The molecule has 3 N–H and O–H groups in total. The Hall–Kier alpha value is 0.1000. The van der Waals surface area contributed by atoms with E-state index in [0.717, 1.165) is 17.3 Å². The minimum absolute atomic E-state index is 0.00181. The average Bonchev–Trinajstić information content (AvgIpc) is 2.46. The fraction of sp³-hybridized carbons (Fsp3) is 0.818. The molecular weight excluding hydrogens is 260 g/mol. The zero-order chi connectivity index (χ0) is 11.5. The van der Waals surface area contributed by atoms with Gasteiger partial charge >= 0.3 is 0 Å². The number of allylic oxidation sites excluding steroid dienone is 1. The summed E-state index contributed by atoms with van der Waals surface area (Å²) in [7, 11) is 0. The molecule has 1 rings (SSSR count). The van der Waals surface area contributed by atoms with E-state index in [-0.39, 0.29) is 12.0 Å². The number of aliphatic hydroxyl groups is 3. The van der Waals surface area contributed by atoms with Crippen LogP contribution in [0.3, 0.4) is 0 Å². The zero-order valence-electron chi connectivity index (χ0n) is 8.99. The normalized spacial score (nSPS) is 37.3. The van der Waals surface area contributed by atoms with E-state index in [9.17, 15) is 10.2 Å². The quantitative estimate of drug-likeness (QED) is 0.732. The van der Waals surface area contributed by atoms with Crippen molar-refractivity contribution < 1.29 is 15.3 Å². The molecule has 1 saturated carbocycles. The van der Waals surface area contributed by atoms with Crippen molar-refractivity contribution in [2.75, 3.05) is 6.61 Å². The summed E-state index contributed by atoms with van der Waals surface area (Å²) in [5.74, 6) is 0. The predicted octanol–water partition coefficient (Wildman–Crippen LogP) is 1.56. The van der Waals surface area contributed by atoms with E-state index in [0.29, 0.717) is 12.8 Å². The maximum atomic E-state index is 9.80. The smallest absolute Gasteiger partial charge is 0.0743 e. The van der Waals surface area contributed by atoms with Gasteiger partial charge in [-0.3, -0.25) is 0 Å². The molecule has 3 nitrogen and oxygen atoms in total. The van der Waals surface area contributed by atoms with Crippen molar-refractivity contribution in [1.82, 2.24) is 0 Å².